The lowest BCUT2D eigenvalue weighted by molar-refractivity contribution is 0.908. The molecule has 0 aliphatic carbocycles. The second-order valence-corrected chi connectivity index (χ2v) is 5.58. The minimum atomic E-state index is 0.520. The summed E-state index contributed by atoms with van der Waals surface area (Å²) in [5, 5.41) is 2.79. The largest absolute Gasteiger partial charge is 0.241 e. The Balaban J connectivity index is 2.19. The lowest BCUT2D eigenvalue weighted by Crippen LogP contribution is -1.97. The van der Waals surface area contributed by atoms with Crippen LogP contribution in [0.4, 0.5) is 0 Å². The Labute approximate surface area is 105 Å². The highest BCUT2D eigenvalue weighted by Crippen LogP contribution is 2.25. The predicted molar refractivity (Wildman–Crippen MR) is 72.4 cm³/mol. The van der Waals surface area contributed by atoms with E-state index in [1.165, 1.54) is 5.39 Å². The average Bonchev–Trinajstić information content (AvgIpc) is 2.29. The molecule has 2 rings (SSSR count). The number of halogens is 1. The summed E-state index contributed by atoms with van der Waals surface area (Å²) in [6.07, 6.45) is 1.01. The standard InChI is InChI=1S/C13H14ClNS/c1-10(8-9-14)16-13-7-6-11-4-2-3-5-12(11)15-13/h2-7,10H,8-9H2,1H3. The van der Waals surface area contributed by atoms with Crippen molar-refractivity contribution in [3.63, 3.8) is 0 Å². The van der Waals surface area contributed by atoms with Gasteiger partial charge >= 0.3 is 0 Å². The molecule has 0 saturated carbocycles. The molecule has 1 heterocycles. The Morgan fingerprint density at radius 2 is 2.06 bits per heavy atom. The first-order chi connectivity index (χ1) is 7.79. The highest BCUT2D eigenvalue weighted by Gasteiger charge is 2.05. The van der Waals surface area contributed by atoms with Gasteiger partial charge in [-0.2, -0.15) is 0 Å². The summed E-state index contributed by atoms with van der Waals surface area (Å²) in [6, 6.07) is 12.4. The summed E-state index contributed by atoms with van der Waals surface area (Å²) in [5.41, 5.74) is 1.06. The number of hydrogen-bond donors (Lipinski definition) is 0. The van der Waals surface area contributed by atoms with Crippen LogP contribution in [-0.2, 0) is 0 Å². The van der Waals surface area contributed by atoms with Gasteiger partial charge in [0.2, 0.25) is 0 Å². The molecule has 0 aliphatic rings. The van der Waals surface area contributed by atoms with E-state index in [1.54, 1.807) is 11.8 Å². The van der Waals surface area contributed by atoms with Gasteiger partial charge in [0.1, 0.15) is 0 Å². The van der Waals surface area contributed by atoms with Gasteiger partial charge in [0.05, 0.1) is 10.5 Å². The summed E-state index contributed by atoms with van der Waals surface area (Å²) >= 11 is 7.51. The van der Waals surface area contributed by atoms with Crippen LogP contribution in [0.1, 0.15) is 13.3 Å². The Morgan fingerprint density at radius 1 is 1.25 bits per heavy atom. The van der Waals surface area contributed by atoms with Gasteiger partial charge < -0.3 is 0 Å². The normalized spacial score (nSPS) is 12.9. The zero-order valence-electron chi connectivity index (χ0n) is 9.19. The van der Waals surface area contributed by atoms with Crippen LogP contribution in [-0.4, -0.2) is 16.1 Å². The van der Waals surface area contributed by atoms with Gasteiger partial charge in [0.25, 0.3) is 0 Å². The molecule has 0 N–H and O–H groups in total. The summed E-state index contributed by atoms with van der Waals surface area (Å²) in [6.45, 7) is 2.18. The SMILES string of the molecule is CC(CCCl)Sc1ccc2ccccc2n1. The summed E-state index contributed by atoms with van der Waals surface area (Å²) < 4.78 is 0. The molecule has 2 aromatic rings. The highest BCUT2D eigenvalue weighted by atomic mass is 35.5. The van der Waals surface area contributed by atoms with E-state index in [0.717, 1.165) is 17.0 Å². The Bertz CT molecular complexity index is 472. The van der Waals surface area contributed by atoms with Gasteiger partial charge in [-0.15, -0.1) is 23.4 Å². The predicted octanol–water partition coefficient (Wildman–Crippen LogP) is 4.34. The number of thioether (sulfide) groups is 1. The van der Waals surface area contributed by atoms with Crippen LogP contribution in [0, 0.1) is 0 Å². The molecule has 1 atom stereocenters. The molecule has 0 bridgehead atoms. The maximum atomic E-state index is 5.72. The molecule has 1 unspecified atom stereocenters. The molecule has 16 heavy (non-hydrogen) atoms. The van der Waals surface area contributed by atoms with Gasteiger partial charge in [-0.05, 0) is 18.6 Å². The van der Waals surface area contributed by atoms with E-state index in [4.69, 9.17) is 11.6 Å². The van der Waals surface area contributed by atoms with Crippen LogP contribution < -0.4 is 0 Å². The fourth-order valence-corrected chi connectivity index (χ4v) is 2.93. The number of hydrogen-bond acceptors (Lipinski definition) is 2. The third-order valence-electron chi connectivity index (χ3n) is 2.41. The Morgan fingerprint density at radius 3 is 2.88 bits per heavy atom. The number of alkyl halides is 1. The second kappa shape index (κ2) is 5.55. The third kappa shape index (κ3) is 2.89. The lowest BCUT2D eigenvalue weighted by Gasteiger charge is -2.08. The van der Waals surface area contributed by atoms with E-state index in [0.29, 0.717) is 11.1 Å². The van der Waals surface area contributed by atoms with Crippen LogP contribution >= 0.6 is 23.4 Å². The van der Waals surface area contributed by atoms with Crippen molar-refractivity contribution in [1.29, 1.82) is 0 Å². The van der Waals surface area contributed by atoms with E-state index in [9.17, 15) is 0 Å². The number of benzene rings is 1. The Hall–Kier alpha value is -0.730. The van der Waals surface area contributed by atoms with E-state index in [2.05, 4.69) is 30.1 Å². The van der Waals surface area contributed by atoms with E-state index < -0.39 is 0 Å². The topological polar surface area (TPSA) is 12.9 Å². The summed E-state index contributed by atoms with van der Waals surface area (Å²) in [4.78, 5) is 4.62. The van der Waals surface area contributed by atoms with Crippen molar-refractivity contribution in [3.8, 4) is 0 Å². The van der Waals surface area contributed by atoms with E-state index >= 15 is 0 Å². The zero-order chi connectivity index (χ0) is 11.4. The van der Waals surface area contributed by atoms with E-state index in [-0.39, 0.29) is 0 Å². The van der Waals surface area contributed by atoms with Crippen molar-refractivity contribution in [2.45, 2.75) is 23.6 Å². The van der Waals surface area contributed by atoms with Gasteiger partial charge in [0, 0.05) is 16.5 Å². The monoisotopic (exact) mass is 251 g/mol. The molecule has 0 radical (unpaired) electrons. The minimum absolute atomic E-state index is 0.520. The number of fused-ring (bicyclic) bond motifs is 1. The number of aromatic nitrogens is 1. The molecule has 0 amide bonds. The quantitative estimate of drug-likeness (QED) is 0.592. The van der Waals surface area contributed by atoms with E-state index in [1.807, 2.05) is 18.2 Å². The summed E-state index contributed by atoms with van der Waals surface area (Å²) in [7, 11) is 0. The lowest BCUT2D eigenvalue weighted by atomic mass is 10.2. The molecule has 3 heteroatoms. The molecule has 84 valence electrons. The molecule has 1 aromatic carbocycles. The minimum Gasteiger partial charge on any atom is -0.241 e. The molecule has 1 aromatic heterocycles. The van der Waals surface area contributed by atoms with Crippen LogP contribution in [0.25, 0.3) is 10.9 Å². The fourth-order valence-electron chi connectivity index (χ4n) is 1.53. The zero-order valence-corrected chi connectivity index (χ0v) is 10.8. The molecule has 1 nitrogen and oxygen atoms in total. The first-order valence-electron chi connectivity index (χ1n) is 5.38. The first kappa shape index (κ1) is 11.7. The smallest absolute Gasteiger partial charge is 0.0970 e. The van der Waals surface area contributed by atoms with Crippen molar-refractivity contribution in [1.82, 2.24) is 4.98 Å². The van der Waals surface area contributed by atoms with Crippen LogP contribution in [0.3, 0.4) is 0 Å². The maximum Gasteiger partial charge on any atom is 0.0970 e. The third-order valence-corrected chi connectivity index (χ3v) is 3.74. The molecular weight excluding hydrogens is 238 g/mol. The maximum absolute atomic E-state index is 5.72. The first-order valence-corrected chi connectivity index (χ1v) is 6.79. The van der Waals surface area contributed by atoms with Gasteiger partial charge in [-0.1, -0.05) is 31.2 Å². The van der Waals surface area contributed by atoms with Crippen molar-refractivity contribution in [3.05, 3.63) is 36.4 Å². The molecular formula is C13H14ClNS. The van der Waals surface area contributed by atoms with Crippen LogP contribution in [0.5, 0.6) is 0 Å². The number of para-hydroxylation sites is 1. The molecule has 0 spiro atoms. The Kier molecular flexibility index (Phi) is 4.08. The number of rotatable bonds is 4. The average molecular weight is 252 g/mol. The van der Waals surface area contributed by atoms with Gasteiger partial charge in [0.15, 0.2) is 0 Å². The van der Waals surface area contributed by atoms with Gasteiger partial charge in [-0.3, -0.25) is 0 Å². The van der Waals surface area contributed by atoms with Gasteiger partial charge in [-0.25, -0.2) is 4.98 Å². The van der Waals surface area contributed by atoms with Crippen molar-refractivity contribution in [2.24, 2.45) is 0 Å². The van der Waals surface area contributed by atoms with Crippen LogP contribution in [0.15, 0.2) is 41.4 Å². The second-order valence-electron chi connectivity index (χ2n) is 3.75. The molecule has 0 fully saturated rings. The van der Waals surface area contributed by atoms with Crippen molar-refractivity contribution in [2.75, 3.05) is 5.88 Å². The van der Waals surface area contributed by atoms with Crippen molar-refractivity contribution >= 4 is 34.3 Å². The molecule has 0 aliphatic heterocycles. The fraction of sp³-hybridized carbons (Fsp3) is 0.308. The van der Waals surface area contributed by atoms with Crippen LogP contribution in [0.2, 0.25) is 0 Å². The van der Waals surface area contributed by atoms with Crippen molar-refractivity contribution < 1.29 is 0 Å². The molecule has 0 saturated heterocycles. The number of pyridine rings is 1. The number of nitrogens with zero attached hydrogens (tertiary/aromatic N) is 1. The summed E-state index contributed by atoms with van der Waals surface area (Å²) in [5.74, 6) is 0.710. The highest BCUT2D eigenvalue weighted by molar-refractivity contribution is 7.99.